The highest BCUT2D eigenvalue weighted by molar-refractivity contribution is 6.29. The lowest BCUT2D eigenvalue weighted by molar-refractivity contribution is 0.661. The maximum Gasteiger partial charge on any atom is 0.159 e. The van der Waals surface area contributed by atoms with Crippen molar-refractivity contribution in [2.24, 2.45) is 0 Å². The molecule has 28 aromatic rings. The van der Waals surface area contributed by atoms with Crippen LogP contribution in [0.25, 0.3) is 241 Å². The highest BCUT2D eigenvalue weighted by Crippen LogP contribution is 2.56. The number of para-hydroxylation sites is 8. The summed E-state index contributed by atoms with van der Waals surface area (Å²) in [5, 5.41) is 24.4. The molecule has 4 heterocycles. The summed E-state index contributed by atoms with van der Waals surface area (Å²) in [5.74, 6) is 0. The lowest BCUT2D eigenvalue weighted by Gasteiger charge is -2.26. The number of fused-ring (bicyclic) bond motifs is 30. The lowest BCUT2D eigenvalue weighted by atomic mass is 9.81. The topological polar surface area (TPSA) is 59.0 Å². The van der Waals surface area contributed by atoms with Gasteiger partial charge in [-0.15, -0.1) is 0 Å². The summed E-state index contributed by atoms with van der Waals surface area (Å²) < 4.78 is 26.1. The number of furan rings is 4. The van der Waals surface area contributed by atoms with Gasteiger partial charge < -0.3 is 27.5 Å². The van der Waals surface area contributed by atoms with E-state index >= 15 is 0 Å². The van der Waals surface area contributed by atoms with Crippen LogP contribution in [-0.4, -0.2) is 0 Å². The van der Waals surface area contributed by atoms with E-state index in [1.165, 1.54) is 131 Å². The number of anilines is 6. The average molecular weight is 1840 g/mol. The fourth-order valence-corrected chi connectivity index (χ4v) is 24.2. The van der Waals surface area contributed by atoms with Gasteiger partial charge in [-0.25, -0.2) is 0 Å². The molecule has 0 aliphatic heterocycles. The van der Waals surface area contributed by atoms with Gasteiger partial charge in [0.2, 0.25) is 0 Å². The molecule has 2 aliphatic carbocycles. The third kappa shape index (κ3) is 12.9. The number of nitrogens with zero attached hydrogens (tertiary/aromatic N) is 2. The molecule has 6 heteroatoms. The monoisotopic (exact) mass is 1840 g/mol. The Morgan fingerprint density at radius 3 is 0.736 bits per heavy atom. The van der Waals surface area contributed by atoms with Gasteiger partial charge in [0.15, 0.2) is 5.58 Å². The highest BCUT2D eigenvalue weighted by atomic mass is 16.3. The van der Waals surface area contributed by atoms with Crippen molar-refractivity contribution in [1.29, 1.82) is 0 Å². The normalized spacial score (nSPS) is 13.0. The minimum absolute atomic E-state index is 0.0685. The molecule has 0 saturated carbocycles. The van der Waals surface area contributed by atoms with Gasteiger partial charge in [0, 0.05) is 99.0 Å². The van der Waals surface area contributed by atoms with E-state index in [9.17, 15) is 0 Å². The Kier molecular flexibility index (Phi) is 18.4. The zero-order valence-corrected chi connectivity index (χ0v) is 79.6. The fraction of sp³-hybridized carbons (Fsp3) is 0.0435. The smallest absolute Gasteiger partial charge is 0.159 e. The summed E-state index contributed by atoms with van der Waals surface area (Å²) in [6.45, 7) is 9.47. The standard InChI is InChI=1S/C75H49NO2.C63H41NO2/c1-75(2)69-22-8-5-15-60(69)68-44-66-58-14-4-3-13-57(58)65-43-51(35-42-59(65)67(66)45-70(68)75)48-27-25-46(26-28-48)47-29-36-52(37-30-47)76(53-38-31-49(32-39-53)55-18-11-20-63-61-16-6-9-23-71(61)77-73(55)63)54-40-33-50(34-41-54)56-19-12-21-64-62-17-7-10-24-72(62)78-74(56)64;1-63(2)56-21-8-5-15-47(56)55-36-53-45-14-4-3-13-44(45)52-35-40(29-34-46(52)54(53)37-57(55)63)38-25-30-41(31-26-38)64(58-22-12-20-51-49-17-7-10-24-60(49)66-62(51)58)42-32-27-39(28-33-42)43-18-11-19-50-48-16-6-9-23-59(48)65-61(43)50/h3-45H,1-2H3;3-37H,1-2H3. The first-order chi connectivity index (χ1) is 70.9. The summed E-state index contributed by atoms with van der Waals surface area (Å²) in [6.07, 6.45) is 0. The van der Waals surface area contributed by atoms with E-state index in [1.54, 1.807) is 0 Å². The van der Waals surface area contributed by atoms with Crippen molar-refractivity contribution in [2.75, 3.05) is 9.80 Å². The molecule has 30 rings (SSSR count). The second-order valence-electron chi connectivity index (χ2n) is 39.9. The molecule has 144 heavy (non-hydrogen) atoms. The molecule has 24 aromatic carbocycles. The van der Waals surface area contributed by atoms with Crippen molar-refractivity contribution in [2.45, 2.75) is 38.5 Å². The lowest BCUT2D eigenvalue weighted by Crippen LogP contribution is -2.14. The molecule has 2 aliphatic rings. The van der Waals surface area contributed by atoms with E-state index in [4.69, 9.17) is 17.7 Å². The molecule has 6 nitrogen and oxygen atoms in total. The second kappa shape index (κ2) is 32.1. The molecule has 0 amide bonds. The van der Waals surface area contributed by atoms with Crippen LogP contribution in [0.4, 0.5) is 34.1 Å². The van der Waals surface area contributed by atoms with Gasteiger partial charge in [-0.1, -0.05) is 373 Å². The van der Waals surface area contributed by atoms with E-state index in [2.05, 4.69) is 462 Å². The molecular formula is C138H90N2O4. The molecule has 0 unspecified atom stereocenters. The van der Waals surface area contributed by atoms with Crippen LogP contribution in [0, 0.1) is 0 Å². The molecule has 0 atom stereocenters. The van der Waals surface area contributed by atoms with Crippen molar-refractivity contribution in [1.82, 2.24) is 0 Å². The number of hydrogen-bond donors (Lipinski definition) is 0. The van der Waals surface area contributed by atoms with Gasteiger partial charge in [-0.05, 0) is 287 Å². The second-order valence-corrected chi connectivity index (χ2v) is 39.9. The van der Waals surface area contributed by atoms with Crippen molar-refractivity contribution in [3.05, 3.63) is 495 Å². The van der Waals surface area contributed by atoms with Crippen molar-refractivity contribution in [3.63, 3.8) is 0 Å². The Hall–Kier alpha value is -18.4. The number of rotatable bonds is 12. The van der Waals surface area contributed by atoms with Gasteiger partial charge in [0.25, 0.3) is 0 Å². The van der Waals surface area contributed by atoms with Crippen LogP contribution in [0.3, 0.4) is 0 Å². The third-order valence-electron chi connectivity index (χ3n) is 31.4. The minimum Gasteiger partial charge on any atom is -0.455 e. The van der Waals surface area contributed by atoms with Gasteiger partial charge in [0.05, 0.1) is 5.69 Å². The SMILES string of the molecule is CC1(C)c2ccccc2-c2cc3c4ccccc4c4cc(-c5ccc(-c6ccc(N(c7ccc(-c8cccc9c8oc8ccccc89)cc7)c7ccc(-c8cccc9c8oc8ccccc89)cc7)cc6)cc5)ccc4c3cc21.CC1(C)c2ccccc2-c2cc3c4ccccc4c4cc(-c5ccc(N(c6ccc(-c7cccc8c7oc7ccccc78)cc6)c6cccc7c6oc6ccccc67)cc5)ccc4c3cc21. The van der Waals surface area contributed by atoms with Crippen LogP contribution in [-0.2, 0) is 10.8 Å². The van der Waals surface area contributed by atoms with E-state index in [-0.39, 0.29) is 10.8 Å². The van der Waals surface area contributed by atoms with Crippen molar-refractivity contribution < 1.29 is 17.7 Å². The molecule has 0 spiro atoms. The first kappa shape index (κ1) is 82.7. The van der Waals surface area contributed by atoms with Crippen LogP contribution < -0.4 is 9.80 Å². The van der Waals surface area contributed by atoms with Crippen LogP contribution in [0.5, 0.6) is 0 Å². The summed E-state index contributed by atoms with van der Waals surface area (Å²) >= 11 is 0. The van der Waals surface area contributed by atoms with Crippen molar-refractivity contribution >= 4 is 187 Å². The Morgan fingerprint density at radius 1 is 0.146 bits per heavy atom. The van der Waals surface area contributed by atoms with E-state index in [1.807, 2.05) is 48.5 Å². The minimum atomic E-state index is -0.0737. The van der Waals surface area contributed by atoms with Gasteiger partial charge in [-0.3, -0.25) is 0 Å². The molecule has 676 valence electrons. The van der Waals surface area contributed by atoms with Gasteiger partial charge in [0.1, 0.15) is 39.1 Å². The van der Waals surface area contributed by atoms with Gasteiger partial charge in [-0.2, -0.15) is 0 Å². The summed E-state index contributed by atoms with van der Waals surface area (Å²) in [7, 11) is 0. The highest BCUT2D eigenvalue weighted by Gasteiger charge is 2.38. The third-order valence-corrected chi connectivity index (χ3v) is 31.4. The Morgan fingerprint density at radius 2 is 0.382 bits per heavy atom. The molecule has 0 N–H and O–H groups in total. The zero-order valence-electron chi connectivity index (χ0n) is 79.6. The van der Waals surface area contributed by atoms with Crippen LogP contribution in [0.15, 0.2) is 491 Å². The first-order valence-electron chi connectivity index (χ1n) is 49.8. The molecule has 4 aromatic heterocycles. The predicted molar refractivity (Wildman–Crippen MR) is 604 cm³/mol. The summed E-state index contributed by atoms with van der Waals surface area (Å²) in [4.78, 5) is 4.65. The van der Waals surface area contributed by atoms with Crippen LogP contribution in [0.1, 0.15) is 49.9 Å². The predicted octanol–water partition coefficient (Wildman–Crippen LogP) is 39.4. The summed E-state index contributed by atoms with van der Waals surface area (Å²) in [6, 6.07) is 172. The Labute approximate surface area is 831 Å². The molecular weight excluding hydrogens is 1750 g/mol. The molecule has 0 saturated heterocycles. The largest absolute Gasteiger partial charge is 0.455 e. The Balaban J connectivity index is 0.000000139. The maximum absolute atomic E-state index is 6.68. The number of hydrogen-bond acceptors (Lipinski definition) is 6. The summed E-state index contributed by atoms with van der Waals surface area (Å²) in [5.41, 5.74) is 37.8. The van der Waals surface area contributed by atoms with E-state index in [0.717, 1.165) is 166 Å². The molecule has 0 bridgehead atoms. The first-order valence-corrected chi connectivity index (χ1v) is 49.8. The van der Waals surface area contributed by atoms with E-state index < -0.39 is 0 Å². The van der Waals surface area contributed by atoms with Gasteiger partial charge >= 0.3 is 0 Å². The molecule has 0 radical (unpaired) electrons. The van der Waals surface area contributed by atoms with Crippen LogP contribution in [0.2, 0.25) is 0 Å². The van der Waals surface area contributed by atoms with Crippen LogP contribution >= 0.6 is 0 Å². The quantitative estimate of drug-likeness (QED) is 0.114. The van der Waals surface area contributed by atoms with E-state index in [0.29, 0.717) is 0 Å². The fourth-order valence-electron chi connectivity index (χ4n) is 24.2. The Bertz CT molecular complexity index is 10000. The number of benzene rings is 24. The zero-order chi connectivity index (χ0) is 95.3. The average Bonchev–Trinajstić information content (AvgIpc) is 1.51. The molecule has 0 fully saturated rings. The maximum atomic E-state index is 6.68. The van der Waals surface area contributed by atoms with Crippen molar-refractivity contribution in [3.8, 4) is 89.0 Å².